The molecule has 1 aromatic heterocycles. The van der Waals surface area contributed by atoms with Gasteiger partial charge in [0.1, 0.15) is 10.8 Å². The lowest BCUT2D eigenvalue weighted by Crippen LogP contribution is -2.24. The number of nitrogens with one attached hydrogen (secondary N) is 1. The second kappa shape index (κ2) is 9.62. The molecule has 2 aromatic rings. The standard InChI is InChI=1S/C23H31N3O3S/c1-14-11-16(12-15(2)21(14)29-4)13-26(3)10-9-19(27)25-23-20(22(24)28)17-7-5-6-8-18(17)30-23/h11-12H,5-10,13H2,1-4H3,(H2,24,28)(H,25,27). The Morgan fingerprint density at radius 2 is 1.87 bits per heavy atom. The van der Waals surface area contributed by atoms with Gasteiger partial charge in [-0.3, -0.25) is 9.59 Å². The lowest BCUT2D eigenvalue weighted by atomic mass is 9.95. The molecule has 30 heavy (non-hydrogen) atoms. The van der Waals surface area contributed by atoms with Crippen molar-refractivity contribution in [3.63, 3.8) is 0 Å². The van der Waals surface area contributed by atoms with Crippen LogP contribution in [0.4, 0.5) is 5.00 Å². The monoisotopic (exact) mass is 429 g/mol. The molecule has 0 fully saturated rings. The number of nitrogens with two attached hydrogens (primary N) is 1. The Morgan fingerprint density at radius 1 is 1.20 bits per heavy atom. The van der Waals surface area contributed by atoms with Crippen LogP contribution in [0.5, 0.6) is 5.75 Å². The van der Waals surface area contributed by atoms with E-state index in [0.29, 0.717) is 23.5 Å². The number of primary amides is 1. The highest BCUT2D eigenvalue weighted by Gasteiger charge is 2.24. The second-order valence-electron chi connectivity index (χ2n) is 8.08. The number of fused-ring (bicyclic) bond motifs is 1. The number of thiophene rings is 1. The lowest BCUT2D eigenvalue weighted by Gasteiger charge is -2.18. The van der Waals surface area contributed by atoms with E-state index in [9.17, 15) is 9.59 Å². The van der Waals surface area contributed by atoms with Gasteiger partial charge in [-0.05, 0) is 68.8 Å². The Bertz CT molecular complexity index is 928. The highest BCUT2D eigenvalue weighted by molar-refractivity contribution is 7.17. The zero-order chi connectivity index (χ0) is 21.8. The van der Waals surface area contributed by atoms with Gasteiger partial charge in [-0.2, -0.15) is 0 Å². The van der Waals surface area contributed by atoms with Gasteiger partial charge in [0.25, 0.3) is 5.91 Å². The van der Waals surface area contributed by atoms with Crippen LogP contribution in [0, 0.1) is 13.8 Å². The SMILES string of the molecule is COc1c(C)cc(CN(C)CCC(=O)Nc2sc3c(c2C(N)=O)CCCC3)cc1C. The lowest BCUT2D eigenvalue weighted by molar-refractivity contribution is -0.116. The van der Waals surface area contributed by atoms with E-state index in [1.807, 2.05) is 20.9 Å². The molecule has 7 heteroatoms. The summed E-state index contributed by atoms with van der Waals surface area (Å²) in [5, 5.41) is 3.55. The van der Waals surface area contributed by atoms with Crippen molar-refractivity contribution >= 4 is 28.2 Å². The van der Waals surface area contributed by atoms with Crippen molar-refractivity contribution in [2.75, 3.05) is 26.0 Å². The van der Waals surface area contributed by atoms with E-state index in [1.165, 1.54) is 21.8 Å². The van der Waals surface area contributed by atoms with E-state index < -0.39 is 5.91 Å². The second-order valence-corrected chi connectivity index (χ2v) is 9.18. The van der Waals surface area contributed by atoms with Gasteiger partial charge >= 0.3 is 0 Å². The molecule has 0 aliphatic heterocycles. The van der Waals surface area contributed by atoms with Crippen LogP contribution in [0.15, 0.2) is 12.1 Å². The first-order valence-corrected chi connectivity index (χ1v) is 11.2. The third-order valence-electron chi connectivity index (χ3n) is 5.57. The molecule has 1 aromatic carbocycles. The fourth-order valence-corrected chi connectivity index (χ4v) is 5.55. The number of amides is 2. The summed E-state index contributed by atoms with van der Waals surface area (Å²) in [4.78, 5) is 27.8. The molecule has 0 unspecified atom stereocenters. The minimum atomic E-state index is -0.452. The number of ether oxygens (including phenoxy) is 1. The number of aryl methyl sites for hydroxylation is 3. The average Bonchev–Trinajstić information content (AvgIpc) is 3.04. The maximum absolute atomic E-state index is 12.5. The van der Waals surface area contributed by atoms with E-state index in [4.69, 9.17) is 10.5 Å². The first-order chi connectivity index (χ1) is 14.3. The van der Waals surface area contributed by atoms with Crippen LogP contribution in [0.3, 0.4) is 0 Å². The molecule has 6 nitrogen and oxygen atoms in total. The molecule has 3 N–H and O–H groups in total. The Hall–Kier alpha value is -2.38. The quantitative estimate of drug-likeness (QED) is 0.668. The highest BCUT2D eigenvalue weighted by atomic mass is 32.1. The fraction of sp³-hybridized carbons (Fsp3) is 0.478. The molecular formula is C23H31N3O3S. The number of rotatable bonds is 8. The van der Waals surface area contributed by atoms with E-state index in [0.717, 1.165) is 54.7 Å². The Morgan fingerprint density at radius 3 is 2.50 bits per heavy atom. The molecule has 2 amide bonds. The topological polar surface area (TPSA) is 84.7 Å². The molecule has 0 spiro atoms. The molecule has 3 rings (SSSR count). The molecule has 1 aliphatic rings. The van der Waals surface area contributed by atoms with Crippen LogP contribution < -0.4 is 15.8 Å². The van der Waals surface area contributed by atoms with Gasteiger partial charge in [0, 0.05) is 24.4 Å². The first kappa shape index (κ1) is 22.3. The average molecular weight is 430 g/mol. The summed E-state index contributed by atoms with van der Waals surface area (Å²) in [6, 6.07) is 4.25. The number of nitrogens with zero attached hydrogens (tertiary/aromatic N) is 1. The maximum atomic E-state index is 12.5. The summed E-state index contributed by atoms with van der Waals surface area (Å²) in [7, 11) is 3.69. The molecule has 0 radical (unpaired) electrons. The van der Waals surface area contributed by atoms with Crippen molar-refractivity contribution in [1.82, 2.24) is 4.90 Å². The van der Waals surface area contributed by atoms with Crippen LogP contribution in [-0.2, 0) is 24.2 Å². The third kappa shape index (κ3) is 5.02. The van der Waals surface area contributed by atoms with Crippen molar-refractivity contribution in [1.29, 1.82) is 0 Å². The Kier molecular flexibility index (Phi) is 7.15. The summed E-state index contributed by atoms with van der Waals surface area (Å²) in [5.74, 6) is 0.377. The number of benzene rings is 1. The summed E-state index contributed by atoms with van der Waals surface area (Å²) in [6.07, 6.45) is 4.36. The van der Waals surface area contributed by atoms with E-state index in [1.54, 1.807) is 7.11 Å². The van der Waals surface area contributed by atoms with Gasteiger partial charge < -0.3 is 20.7 Å². The molecule has 0 saturated carbocycles. The highest BCUT2D eigenvalue weighted by Crippen LogP contribution is 2.38. The van der Waals surface area contributed by atoms with Crippen molar-refractivity contribution in [2.24, 2.45) is 5.73 Å². The first-order valence-electron chi connectivity index (χ1n) is 10.4. The van der Waals surface area contributed by atoms with Crippen LogP contribution in [0.1, 0.15) is 56.8 Å². The molecule has 0 saturated heterocycles. The van der Waals surface area contributed by atoms with Crippen molar-refractivity contribution in [3.05, 3.63) is 44.8 Å². The Balaban J connectivity index is 1.59. The largest absolute Gasteiger partial charge is 0.496 e. The Labute approximate surface area is 182 Å². The number of hydrogen-bond donors (Lipinski definition) is 2. The third-order valence-corrected chi connectivity index (χ3v) is 6.78. The molecule has 162 valence electrons. The molecule has 0 atom stereocenters. The van der Waals surface area contributed by atoms with Gasteiger partial charge in [0.15, 0.2) is 0 Å². The summed E-state index contributed by atoms with van der Waals surface area (Å²) in [6.45, 7) is 5.45. The zero-order valence-corrected chi connectivity index (χ0v) is 19.1. The van der Waals surface area contributed by atoms with Crippen LogP contribution in [0.25, 0.3) is 0 Å². The summed E-state index contributed by atoms with van der Waals surface area (Å²) in [5.41, 5.74) is 10.6. The molecule has 0 bridgehead atoms. The van der Waals surface area contributed by atoms with Crippen LogP contribution >= 0.6 is 11.3 Å². The van der Waals surface area contributed by atoms with Crippen molar-refractivity contribution in [3.8, 4) is 5.75 Å². The smallest absolute Gasteiger partial charge is 0.251 e. The molecule has 1 heterocycles. The number of methoxy groups -OCH3 is 1. The predicted octanol–water partition coefficient (Wildman–Crippen LogP) is 3.81. The normalized spacial score (nSPS) is 13.2. The van der Waals surface area contributed by atoms with Crippen molar-refractivity contribution < 1.29 is 14.3 Å². The van der Waals surface area contributed by atoms with Crippen LogP contribution in [-0.4, -0.2) is 37.4 Å². The van der Waals surface area contributed by atoms with E-state index in [2.05, 4.69) is 22.3 Å². The van der Waals surface area contributed by atoms with E-state index >= 15 is 0 Å². The predicted molar refractivity (Wildman–Crippen MR) is 122 cm³/mol. The maximum Gasteiger partial charge on any atom is 0.251 e. The zero-order valence-electron chi connectivity index (χ0n) is 18.3. The number of hydrogen-bond acceptors (Lipinski definition) is 5. The minimum absolute atomic E-state index is 0.0926. The van der Waals surface area contributed by atoms with Gasteiger partial charge in [0.2, 0.25) is 5.91 Å². The minimum Gasteiger partial charge on any atom is -0.496 e. The molecular weight excluding hydrogens is 398 g/mol. The van der Waals surface area contributed by atoms with Gasteiger partial charge in [-0.1, -0.05) is 12.1 Å². The van der Waals surface area contributed by atoms with Crippen LogP contribution in [0.2, 0.25) is 0 Å². The van der Waals surface area contributed by atoms with Gasteiger partial charge in [-0.25, -0.2) is 0 Å². The summed E-state index contributed by atoms with van der Waals surface area (Å²) < 4.78 is 5.43. The number of carbonyl (C=O) groups is 2. The molecule has 1 aliphatic carbocycles. The van der Waals surface area contributed by atoms with E-state index in [-0.39, 0.29) is 5.91 Å². The fourth-order valence-electron chi connectivity index (χ4n) is 4.24. The number of anilines is 1. The van der Waals surface area contributed by atoms with Gasteiger partial charge in [-0.15, -0.1) is 11.3 Å². The summed E-state index contributed by atoms with van der Waals surface area (Å²) >= 11 is 1.50. The number of carbonyl (C=O) groups excluding carboxylic acids is 2. The van der Waals surface area contributed by atoms with Crippen molar-refractivity contribution in [2.45, 2.75) is 52.5 Å². The van der Waals surface area contributed by atoms with Gasteiger partial charge in [0.05, 0.1) is 12.7 Å².